The third-order valence-electron chi connectivity index (χ3n) is 4.65. The summed E-state index contributed by atoms with van der Waals surface area (Å²) in [5.41, 5.74) is 7.72. The molecule has 1 unspecified atom stereocenters. The van der Waals surface area contributed by atoms with Crippen LogP contribution >= 0.6 is 15.9 Å². The summed E-state index contributed by atoms with van der Waals surface area (Å²) < 4.78 is 11.9. The number of nitrogens with zero attached hydrogens (tertiary/aromatic N) is 1. The Bertz CT molecular complexity index is 523. The van der Waals surface area contributed by atoms with Crippen molar-refractivity contribution < 1.29 is 9.47 Å². The van der Waals surface area contributed by atoms with Gasteiger partial charge in [-0.25, -0.2) is 0 Å². The van der Waals surface area contributed by atoms with Crippen molar-refractivity contribution in [1.82, 2.24) is 4.90 Å². The quantitative estimate of drug-likeness (QED) is 0.904. The lowest BCUT2D eigenvalue weighted by atomic mass is 9.82. The number of likely N-dealkylation sites (tertiary alicyclic amines) is 1. The topological polar surface area (TPSA) is 47.7 Å². The fourth-order valence-corrected chi connectivity index (χ4v) is 3.69. The second-order valence-corrected chi connectivity index (χ2v) is 7.54. The van der Waals surface area contributed by atoms with E-state index in [2.05, 4.69) is 46.8 Å². The molecule has 2 aliphatic rings. The van der Waals surface area contributed by atoms with Crippen molar-refractivity contribution in [2.45, 2.75) is 32.7 Å². The van der Waals surface area contributed by atoms with Crippen LogP contribution in [0.15, 0.2) is 16.6 Å². The lowest BCUT2D eigenvalue weighted by Gasteiger charge is -2.41. The standard InChI is InChI=1S/C16H23BrN2O2/c1-16(2)3-5-19(6-4-16)13(9-18)11-7-12(17)15-14(8-11)20-10-21-15/h7-8,13H,3-6,9-10,18H2,1-2H3. The Labute approximate surface area is 134 Å². The summed E-state index contributed by atoms with van der Waals surface area (Å²) in [4.78, 5) is 2.50. The second-order valence-electron chi connectivity index (χ2n) is 6.69. The fraction of sp³-hybridized carbons (Fsp3) is 0.625. The van der Waals surface area contributed by atoms with E-state index in [1.807, 2.05) is 0 Å². The zero-order valence-corrected chi connectivity index (χ0v) is 14.3. The van der Waals surface area contributed by atoms with Gasteiger partial charge in [-0.3, -0.25) is 4.90 Å². The molecule has 2 N–H and O–H groups in total. The number of benzene rings is 1. The molecule has 116 valence electrons. The molecule has 0 aromatic heterocycles. The van der Waals surface area contributed by atoms with E-state index in [-0.39, 0.29) is 6.04 Å². The highest BCUT2D eigenvalue weighted by molar-refractivity contribution is 9.10. The number of piperidine rings is 1. The van der Waals surface area contributed by atoms with E-state index in [0.29, 0.717) is 18.8 Å². The van der Waals surface area contributed by atoms with Gasteiger partial charge in [0.1, 0.15) is 0 Å². The van der Waals surface area contributed by atoms with Crippen LogP contribution < -0.4 is 15.2 Å². The van der Waals surface area contributed by atoms with E-state index >= 15 is 0 Å². The van der Waals surface area contributed by atoms with Crippen LogP contribution in [0.1, 0.15) is 38.3 Å². The van der Waals surface area contributed by atoms with Gasteiger partial charge in [0, 0.05) is 12.6 Å². The minimum Gasteiger partial charge on any atom is -0.454 e. The van der Waals surface area contributed by atoms with Gasteiger partial charge in [-0.2, -0.15) is 0 Å². The maximum atomic E-state index is 6.07. The smallest absolute Gasteiger partial charge is 0.231 e. The van der Waals surface area contributed by atoms with Crippen LogP contribution in [0.25, 0.3) is 0 Å². The van der Waals surface area contributed by atoms with Gasteiger partial charge in [-0.1, -0.05) is 13.8 Å². The highest BCUT2D eigenvalue weighted by Gasteiger charge is 2.30. The molecule has 0 amide bonds. The predicted octanol–water partition coefficient (Wildman–Crippen LogP) is 3.30. The molecule has 2 aliphatic heterocycles. The third kappa shape index (κ3) is 3.05. The molecule has 21 heavy (non-hydrogen) atoms. The minimum atomic E-state index is 0.242. The number of ether oxygens (including phenoxy) is 2. The number of fused-ring (bicyclic) bond motifs is 1. The average Bonchev–Trinajstić information content (AvgIpc) is 2.90. The first-order chi connectivity index (χ1) is 10.00. The van der Waals surface area contributed by atoms with E-state index in [9.17, 15) is 0 Å². The Morgan fingerprint density at radius 3 is 2.67 bits per heavy atom. The number of rotatable bonds is 3. The van der Waals surface area contributed by atoms with E-state index < -0.39 is 0 Å². The summed E-state index contributed by atoms with van der Waals surface area (Å²) in [6, 6.07) is 4.43. The van der Waals surface area contributed by atoms with Crippen molar-refractivity contribution in [1.29, 1.82) is 0 Å². The van der Waals surface area contributed by atoms with Crippen molar-refractivity contribution in [2.24, 2.45) is 11.1 Å². The monoisotopic (exact) mass is 354 g/mol. The normalized spacial score (nSPS) is 22.3. The van der Waals surface area contributed by atoms with Crippen molar-refractivity contribution in [3.05, 3.63) is 22.2 Å². The molecule has 1 aromatic rings. The predicted molar refractivity (Wildman–Crippen MR) is 86.6 cm³/mol. The van der Waals surface area contributed by atoms with E-state index in [0.717, 1.165) is 29.1 Å². The van der Waals surface area contributed by atoms with Gasteiger partial charge in [-0.05, 0) is 65.0 Å². The Hall–Kier alpha value is -0.780. The van der Waals surface area contributed by atoms with Gasteiger partial charge in [-0.15, -0.1) is 0 Å². The molecule has 5 heteroatoms. The molecule has 2 heterocycles. The number of halogens is 1. The molecule has 1 saturated heterocycles. The molecule has 0 aliphatic carbocycles. The molecule has 1 atom stereocenters. The summed E-state index contributed by atoms with van der Waals surface area (Å²) in [5, 5.41) is 0. The largest absolute Gasteiger partial charge is 0.454 e. The van der Waals surface area contributed by atoms with Crippen LogP contribution in [-0.4, -0.2) is 31.3 Å². The van der Waals surface area contributed by atoms with Crippen LogP contribution in [0.4, 0.5) is 0 Å². The molecule has 1 aromatic carbocycles. The number of hydrogen-bond acceptors (Lipinski definition) is 4. The van der Waals surface area contributed by atoms with E-state index in [1.165, 1.54) is 18.4 Å². The SMILES string of the molecule is CC1(C)CCN(C(CN)c2cc(Br)c3c(c2)OCO3)CC1. The first kappa shape index (κ1) is 15.1. The molecule has 0 radical (unpaired) electrons. The lowest BCUT2D eigenvalue weighted by Crippen LogP contribution is -2.42. The van der Waals surface area contributed by atoms with Gasteiger partial charge in [0.15, 0.2) is 11.5 Å². The summed E-state index contributed by atoms with van der Waals surface area (Å²) in [7, 11) is 0. The van der Waals surface area contributed by atoms with Gasteiger partial charge in [0.05, 0.1) is 4.47 Å². The van der Waals surface area contributed by atoms with Crippen molar-refractivity contribution in [2.75, 3.05) is 26.4 Å². The highest BCUT2D eigenvalue weighted by atomic mass is 79.9. The van der Waals surface area contributed by atoms with E-state index in [4.69, 9.17) is 15.2 Å². The van der Waals surface area contributed by atoms with Gasteiger partial charge < -0.3 is 15.2 Å². The Kier molecular flexibility index (Phi) is 4.17. The molecule has 0 bridgehead atoms. The third-order valence-corrected chi connectivity index (χ3v) is 5.24. The summed E-state index contributed by atoms with van der Waals surface area (Å²) in [5.74, 6) is 1.62. The minimum absolute atomic E-state index is 0.242. The van der Waals surface area contributed by atoms with Crippen LogP contribution in [0.2, 0.25) is 0 Å². The second kappa shape index (κ2) is 5.78. The van der Waals surface area contributed by atoms with Crippen molar-refractivity contribution >= 4 is 15.9 Å². The number of hydrogen-bond donors (Lipinski definition) is 1. The Morgan fingerprint density at radius 2 is 2.00 bits per heavy atom. The molecule has 3 rings (SSSR count). The average molecular weight is 355 g/mol. The lowest BCUT2D eigenvalue weighted by molar-refractivity contribution is 0.0963. The zero-order chi connectivity index (χ0) is 15.0. The van der Waals surface area contributed by atoms with Crippen LogP contribution in [0.5, 0.6) is 11.5 Å². The summed E-state index contributed by atoms with van der Waals surface area (Å²) in [6.45, 7) is 7.80. The van der Waals surface area contributed by atoms with Crippen LogP contribution in [-0.2, 0) is 0 Å². The van der Waals surface area contributed by atoms with Crippen LogP contribution in [0, 0.1) is 5.41 Å². The van der Waals surface area contributed by atoms with Gasteiger partial charge in [0.25, 0.3) is 0 Å². The molecular formula is C16H23BrN2O2. The highest BCUT2D eigenvalue weighted by Crippen LogP contribution is 2.42. The number of nitrogens with two attached hydrogens (primary N) is 1. The van der Waals surface area contributed by atoms with Crippen molar-refractivity contribution in [3.8, 4) is 11.5 Å². The Balaban J connectivity index is 1.82. The molecule has 0 spiro atoms. The Morgan fingerprint density at radius 1 is 1.29 bits per heavy atom. The maximum Gasteiger partial charge on any atom is 0.231 e. The van der Waals surface area contributed by atoms with Gasteiger partial charge >= 0.3 is 0 Å². The van der Waals surface area contributed by atoms with Crippen LogP contribution in [0.3, 0.4) is 0 Å². The summed E-state index contributed by atoms with van der Waals surface area (Å²) in [6.07, 6.45) is 2.43. The van der Waals surface area contributed by atoms with Gasteiger partial charge in [0.2, 0.25) is 6.79 Å². The molecule has 1 fully saturated rings. The van der Waals surface area contributed by atoms with E-state index in [1.54, 1.807) is 0 Å². The van der Waals surface area contributed by atoms with Crippen molar-refractivity contribution in [3.63, 3.8) is 0 Å². The first-order valence-electron chi connectivity index (χ1n) is 7.53. The maximum absolute atomic E-state index is 6.07. The summed E-state index contributed by atoms with van der Waals surface area (Å²) >= 11 is 3.57. The molecular weight excluding hydrogens is 332 g/mol. The zero-order valence-electron chi connectivity index (χ0n) is 12.7. The first-order valence-corrected chi connectivity index (χ1v) is 8.33. The molecule has 4 nitrogen and oxygen atoms in total. The fourth-order valence-electron chi connectivity index (χ4n) is 3.12. The molecule has 0 saturated carbocycles.